The molecule has 0 aromatic carbocycles. The number of pyridine rings is 1. The van der Waals surface area contributed by atoms with Gasteiger partial charge in [0.1, 0.15) is 11.3 Å². The topological polar surface area (TPSA) is 48.4 Å². The average Bonchev–Trinajstić information content (AvgIpc) is 2.28. The predicted molar refractivity (Wildman–Crippen MR) is 51.7 cm³/mol. The van der Waals surface area contributed by atoms with E-state index in [-0.39, 0.29) is 18.1 Å². The molecule has 0 N–H and O–H groups in total. The highest BCUT2D eigenvalue weighted by Crippen LogP contribution is 2.23. The molecule has 0 saturated carbocycles. The van der Waals surface area contributed by atoms with Crippen molar-refractivity contribution in [1.82, 2.24) is 4.98 Å². The second-order valence-corrected chi connectivity index (χ2v) is 2.81. The number of carbonyl (C=O) groups excluding carboxylic acids is 1. The van der Waals surface area contributed by atoms with E-state index in [0.29, 0.717) is 0 Å². The zero-order valence-corrected chi connectivity index (χ0v) is 8.87. The van der Waals surface area contributed by atoms with Gasteiger partial charge in [0, 0.05) is 0 Å². The molecule has 0 bridgehead atoms. The molecule has 1 rings (SSSR count). The summed E-state index contributed by atoms with van der Waals surface area (Å²) in [7, 11) is 1.25. The minimum absolute atomic E-state index is 0.0359. The fraction of sp³-hybridized carbons (Fsp3) is 0.400. The van der Waals surface area contributed by atoms with Crippen molar-refractivity contribution in [2.75, 3.05) is 13.7 Å². The Balaban J connectivity index is 3.06. The SMILES string of the molecule is CCOC(=O)c1ccc(C(F)F)nc1OC. The summed E-state index contributed by atoms with van der Waals surface area (Å²) in [6.07, 6.45) is -2.70. The van der Waals surface area contributed by atoms with E-state index in [2.05, 4.69) is 4.98 Å². The van der Waals surface area contributed by atoms with Crippen LogP contribution < -0.4 is 4.74 Å². The first kappa shape index (κ1) is 12.4. The zero-order valence-electron chi connectivity index (χ0n) is 8.87. The maximum atomic E-state index is 12.3. The Morgan fingerprint density at radius 3 is 2.69 bits per heavy atom. The van der Waals surface area contributed by atoms with Gasteiger partial charge in [-0.05, 0) is 19.1 Å². The summed E-state index contributed by atoms with van der Waals surface area (Å²) in [6.45, 7) is 1.84. The number of alkyl halides is 2. The zero-order chi connectivity index (χ0) is 12.1. The van der Waals surface area contributed by atoms with E-state index < -0.39 is 18.1 Å². The molecule has 0 atom stereocenters. The highest BCUT2D eigenvalue weighted by molar-refractivity contribution is 5.91. The maximum Gasteiger partial charge on any atom is 0.343 e. The van der Waals surface area contributed by atoms with E-state index in [1.807, 2.05) is 0 Å². The molecule has 0 unspecified atom stereocenters. The van der Waals surface area contributed by atoms with Crippen LogP contribution in [0.1, 0.15) is 29.4 Å². The smallest absolute Gasteiger partial charge is 0.343 e. The minimum atomic E-state index is -2.70. The summed E-state index contributed by atoms with van der Waals surface area (Å²) in [6, 6.07) is 2.28. The van der Waals surface area contributed by atoms with Gasteiger partial charge in [0.25, 0.3) is 6.43 Å². The lowest BCUT2D eigenvalue weighted by atomic mass is 10.2. The fourth-order valence-corrected chi connectivity index (χ4v) is 1.10. The van der Waals surface area contributed by atoms with Gasteiger partial charge in [-0.1, -0.05) is 0 Å². The Labute approximate surface area is 91.2 Å². The molecule has 16 heavy (non-hydrogen) atoms. The number of carbonyl (C=O) groups is 1. The van der Waals surface area contributed by atoms with Gasteiger partial charge in [0.05, 0.1) is 13.7 Å². The maximum absolute atomic E-state index is 12.3. The van der Waals surface area contributed by atoms with Crippen molar-refractivity contribution in [3.8, 4) is 5.88 Å². The average molecular weight is 231 g/mol. The molecule has 1 heterocycles. The van der Waals surface area contributed by atoms with Crippen molar-refractivity contribution in [3.63, 3.8) is 0 Å². The van der Waals surface area contributed by atoms with Crippen LogP contribution in [0.4, 0.5) is 8.78 Å². The number of halogens is 2. The largest absolute Gasteiger partial charge is 0.480 e. The molecule has 0 aliphatic rings. The van der Waals surface area contributed by atoms with Crippen LogP contribution in [-0.4, -0.2) is 24.7 Å². The summed E-state index contributed by atoms with van der Waals surface area (Å²) < 4.78 is 34.1. The lowest BCUT2D eigenvalue weighted by Gasteiger charge is -2.08. The number of aromatic nitrogens is 1. The van der Waals surface area contributed by atoms with Gasteiger partial charge in [0.15, 0.2) is 0 Å². The van der Waals surface area contributed by atoms with E-state index in [1.54, 1.807) is 6.92 Å². The molecule has 1 aromatic rings. The van der Waals surface area contributed by atoms with E-state index in [9.17, 15) is 13.6 Å². The van der Waals surface area contributed by atoms with Crippen LogP contribution in [-0.2, 0) is 4.74 Å². The van der Waals surface area contributed by atoms with Crippen LogP contribution in [0.15, 0.2) is 12.1 Å². The number of methoxy groups -OCH3 is 1. The van der Waals surface area contributed by atoms with Crippen molar-refractivity contribution in [2.45, 2.75) is 13.3 Å². The van der Waals surface area contributed by atoms with Gasteiger partial charge in [-0.2, -0.15) is 0 Å². The quantitative estimate of drug-likeness (QED) is 0.745. The number of rotatable bonds is 4. The number of hydrogen-bond donors (Lipinski definition) is 0. The first-order valence-corrected chi connectivity index (χ1v) is 4.60. The third-order valence-corrected chi connectivity index (χ3v) is 1.79. The Morgan fingerprint density at radius 2 is 2.19 bits per heavy atom. The lowest BCUT2D eigenvalue weighted by molar-refractivity contribution is 0.0521. The third-order valence-electron chi connectivity index (χ3n) is 1.79. The first-order chi connectivity index (χ1) is 7.60. The molecule has 4 nitrogen and oxygen atoms in total. The molecule has 6 heteroatoms. The number of esters is 1. The molecule has 88 valence electrons. The van der Waals surface area contributed by atoms with Crippen molar-refractivity contribution in [1.29, 1.82) is 0 Å². The first-order valence-electron chi connectivity index (χ1n) is 4.60. The van der Waals surface area contributed by atoms with Gasteiger partial charge in [-0.15, -0.1) is 0 Å². The summed E-state index contributed by atoms with van der Waals surface area (Å²) in [5, 5.41) is 0. The van der Waals surface area contributed by atoms with E-state index in [0.717, 1.165) is 6.07 Å². The number of ether oxygens (including phenoxy) is 2. The van der Waals surface area contributed by atoms with Gasteiger partial charge >= 0.3 is 5.97 Å². The fourth-order valence-electron chi connectivity index (χ4n) is 1.10. The van der Waals surface area contributed by atoms with Crippen molar-refractivity contribution in [3.05, 3.63) is 23.4 Å². The molecule has 0 radical (unpaired) electrons. The van der Waals surface area contributed by atoms with E-state index in [4.69, 9.17) is 9.47 Å². The lowest BCUT2D eigenvalue weighted by Crippen LogP contribution is -2.08. The Kier molecular flexibility index (Phi) is 4.16. The summed E-state index contributed by atoms with van der Waals surface area (Å²) in [5.74, 6) is -0.802. The van der Waals surface area contributed by atoms with Gasteiger partial charge in [-0.25, -0.2) is 18.6 Å². The van der Waals surface area contributed by atoms with Gasteiger partial charge in [-0.3, -0.25) is 0 Å². The Hall–Kier alpha value is -1.72. The molecule has 1 aromatic heterocycles. The Bertz CT molecular complexity index is 382. The minimum Gasteiger partial charge on any atom is -0.480 e. The molecule has 0 spiro atoms. The molecular formula is C10H11F2NO3. The van der Waals surface area contributed by atoms with Crippen molar-refractivity contribution < 1.29 is 23.0 Å². The molecular weight excluding hydrogens is 220 g/mol. The van der Waals surface area contributed by atoms with Crippen LogP contribution >= 0.6 is 0 Å². The summed E-state index contributed by atoms with van der Waals surface area (Å²) in [5.41, 5.74) is -0.404. The van der Waals surface area contributed by atoms with Gasteiger partial charge in [0.2, 0.25) is 5.88 Å². The van der Waals surface area contributed by atoms with E-state index >= 15 is 0 Å². The summed E-state index contributed by atoms with van der Waals surface area (Å²) in [4.78, 5) is 14.9. The van der Waals surface area contributed by atoms with Crippen LogP contribution in [0, 0.1) is 0 Å². The number of nitrogens with zero attached hydrogens (tertiary/aromatic N) is 1. The molecule has 0 fully saturated rings. The normalized spacial score (nSPS) is 10.3. The van der Waals surface area contributed by atoms with Gasteiger partial charge < -0.3 is 9.47 Å². The monoisotopic (exact) mass is 231 g/mol. The third kappa shape index (κ3) is 2.65. The molecule has 0 aliphatic heterocycles. The van der Waals surface area contributed by atoms with Crippen molar-refractivity contribution >= 4 is 5.97 Å². The predicted octanol–water partition coefficient (Wildman–Crippen LogP) is 2.20. The van der Waals surface area contributed by atoms with Crippen molar-refractivity contribution in [2.24, 2.45) is 0 Å². The van der Waals surface area contributed by atoms with Crippen LogP contribution in [0.2, 0.25) is 0 Å². The standard InChI is InChI=1S/C10H11F2NO3/c1-3-16-10(14)6-4-5-7(8(11)12)13-9(6)15-2/h4-5,8H,3H2,1-2H3. The highest BCUT2D eigenvalue weighted by Gasteiger charge is 2.18. The highest BCUT2D eigenvalue weighted by atomic mass is 19.3. The van der Waals surface area contributed by atoms with E-state index in [1.165, 1.54) is 13.2 Å². The van der Waals surface area contributed by atoms with Crippen LogP contribution in [0.25, 0.3) is 0 Å². The second-order valence-electron chi connectivity index (χ2n) is 2.81. The van der Waals surface area contributed by atoms with Crippen LogP contribution in [0.3, 0.4) is 0 Å². The molecule has 0 saturated heterocycles. The van der Waals surface area contributed by atoms with Crippen LogP contribution in [0.5, 0.6) is 5.88 Å². The Morgan fingerprint density at radius 1 is 1.50 bits per heavy atom. The summed E-state index contributed by atoms with van der Waals surface area (Å²) >= 11 is 0. The molecule has 0 aliphatic carbocycles. The second kappa shape index (κ2) is 5.39. The molecule has 0 amide bonds. The number of hydrogen-bond acceptors (Lipinski definition) is 4.